The van der Waals surface area contributed by atoms with E-state index in [1.54, 1.807) is 18.2 Å². The first-order valence-corrected chi connectivity index (χ1v) is 44.0. The molecule has 0 saturated heterocycles. The van der Waals surface area contributed by atoms with Crippen LogP contribution < -0.4 is 31.1 Å². The maximum absolute atomic E-state index is 14.2. The molecule has 0 fully saturated rings. The predicted molar refractivity (Wildman–Crippen MR) is 437 cm³/mol. The van der Waals surface area contributed by atoms with Gasteiger partial charge in [-0.15, -0.1) is 0 Å². The van der Waals surface area contributed by atoms with Gasteiger partial charge in [0.15, 0.2) is 31.9 Å². The zero-order valence-electron chi connectivity index (χ0n) is 67.4. The summed E-state index contributed by atoms with van der Waals surface area (Å²) in [5.74, 6) is -3.39. The van der Waals surface area contributed by atoms with Crippen LogP contribution in [0.2, 0.25) is 0 Å². The molecular formula is C84H134N6O20S2. The minimum Gasteiger partial charge on any atom is -0.394 e. The van der Waals surface area contributed by atoms with Crippen molar-refractivity contribution >= 4 is 66.1 Å². The van der Waals surface area contributed by atoms with E-state index in [-0.39, 0.29) is 46.2 Å². The average Bonchev–Trinajstić information content (AvgIpc) is 1.58. The third kappa shape index (κ3) is 28.0. The molecule has 6 rings (SSSR count). The number of carbonyl (C=O) groups excluding carboxylic acids is 4. The molecule has 4 aromatic carbocycles. The van der Waals surface area contributed by atoms with Gasteiger partial charge in [0.05, 0.1) is 46.7 Å². The number of amides is 4. The molecule has 16 N–H and O–H groups in total. The fourth-order valence-electron chi connectivity index (χ4n) is 15.4. The summed E-state index contributed by atoms with van der Waals surface area (Å²) in [6.45, 7) is 7.12. The summed E-state index contributed by atoms with van der Waals surface area (Å²) in [5, 5.41) is 131. The van der Waals surface area contributed by atoms with Crippen molar-refractivity contribution in [3.05, 3.63) is 107 Å². The highest BCUT2D eigenvalue weighted by molar-refractivity contribution is 7.91. The van der Waals surface area contributed by atoms with Gasteiger partial charge >= 0.3 is 0 Å². The summed E-state index contributed by atoms with van der Waals surface area (Å²) >= 11 is 0. The Bertz CT molecular complexity index is 3750. The van der Waals surface area contributed by atoms with Gasteiger partial charge in [0.25, 0.3) is 11.8 Å². The average molecular weight is 1610 g/mol. The van der Waals surface area contributed by atoms with Crippen LogP contribution in [0.4, 0.5) is 22.7 Å². The van der Waals surface area contributed by atoms with Crippen molar-refractivity contribution < 1.29 is 97.3 Å². The van der Waals surface area contributed by atoms with Gasteiger partial charge < -0.3 is 92.3 Å². The second-order valence-electron chi connectivity index (χ2n) is 31.4. The van der Waals surface area contributed by atoms with Gasteiger partial charge in [-0.2, -0.15) is 0 Å². The monoisotopic (exact) mass is 1610 g/mol. The SMILES string of the molecule is CCCCC1(CCCC)CS(=O)(=O)c2ccc(N(C)C)cc2[C@H](c2cccc(NC(=O)CCCCCCCCCCNC(=O)[C@H](O)[C@@H](O)[C@H](O)[C@H](O)CO)c2)[C@@H]1O.CCCC[C@@]1(CC)CS(=O)(=O)c2ccc(N(C)C)cc2[C@H](c2cccc(NC(=O)CCCCCCCCCCNC(=O)[C@H](O)[C@@H](O)[C@H](O)[C@H](O)CO)c2)[C@@H]1O. The number of hydrogen-bond acceptors (Lipinski definition) is 22. The molecule has 0 aliphatic carbocycles. The number of carbonyl (C=O) groups is 4. The minimum absolute atomic E-state index is 0.103. The lowest BCUT2D eigenvalue weighted by Gasteiger charge is -2.40. The number of aliphatic hydroxyl groups excluding tert-OH is 12. The van der Waals surface area contributed by atoms with Crippen LogP contribution in [0.5, 0.6) is 0 Å². The fraction of sp³-hybridized carbons (Fsp3) is 0.667. The molecule has 2 heterocycles. The summed E-state index contributed by atoms with van der Waals surface area (Å²) in [4.78, 5) is 54.4. The zero-order chi connectivity index (χ0) is 82.9. The second kappa shape index (κ2) is 47.7. The van der Waals surface area contributed by atoms with Crippen LogP contribution in [0.3, 0.4) is 0 Å². The van der Waals surface area contributed by atoms with Crippen molar-refractivity contribution in [1.29, 1.82) is 0 Å². The predicted octanol–water partition coefficient (Wildman–Crippen LogP) is 8.02. The Hall–Kier alpha value is -6.22. The Kier molecular flexibility index (Phi) is 41.1. The largest absolute Gasteiger partial charge is 0.394 e. The number of nitrogens with one attached hydrogen (secondary N) is 4. The topological polar surface area (TPSA) is 434 Å². The van der Waals surface area contributed by atoms with Crippen LogP contribution in [-0.4, -0.2) is 229 Å². The molecule has 4 amide bonds. The minimum atomic E-state index is -3.72. The summed E-state index contributed by atoms with van der Waals surface area (Å²) in [6.07, 6.45) is 5.54. The third-order valence-electron chi connectivity index (χ3n) is 22.4. The molecule has 112 heavy (non-hydrogen) atoms. The van der Waals surface area contributed by atoms with Crippen molar-refractivity contribution in [2.75, 3.05) is 86.4 Å². The zero-order valence-corrected chi connectivity index (χ0v) is 69.0. The molecule has 2 aliphatic heterocycles. The number of nitrogens with zero attached hydrogens (tertiary/aromatic N) is 2. The van der Waals surface area contributed by atoms with Gasteiger partial charge in [-0.25, -0.2) is 16.8 Å². The summed E-state index contributed by atoms with van der Waals surface area (Å²) in [7, 11) is 0.181. The van der Waals surface area contributed by atoms with Gasteiger partial charge in [0.2, 0.25) is 11.8 Å². The van der Waals surface area contributed by atoms with Gasteiger partial charge in [0, 0.05) is 99.5 Å². The molecule has 0 aromatic heterocycles. The van der Waals surface area contributed by atoms with E-state index in [0.29, 0.717) is 73.9 Å². The number of unbranched alkanes of at least 4 members (excludes halogenated alkanes) is 17. The lowest BCUT2D eigenvalue weighted by atomic mass is 9.68. The van der Waals surface area contributed by atoms with Crippen LogP contribution in [0, 0.1) is 10.8 Å². The second-order valence-corrected chi connectivity index (χ2v) is 35.3. The number of rotatable bonds is 48. The highest BCUT2D eigenvalue weighted by Crippen LogP contribution is 2.52. The van der Waals surface area contributed by atoms with Gasteiger partial charge in [-0.3, -0.25) is 19.2 Å². The van der Waals surface area contributed by atoms with Gasteiger partial charge in [-0.1, -0.05) is 168 Å². The van der Waals surface area contributed by atoms with E-state index in [0.717, 1.165) is 151 Å². The van der Waals surface area contributed by atoms with Crippen molar-refractivity contribution in [1.82, 2.24) is 10.6 Å². The molecule has 28 heteroatoms. The fourth-order valence-corrected chi connectivity index (χ4v) is 19.8. The number of sulfone groups is 2. The molecular weight excluding hydrogens is 1480 g/mol. The molecule has 632 valence electrons. The first kappa shape index (κ1) is 96.4. The standard InChI is InChI=1S/C43H69N3O10S.C41H65N3O10S/c1-5-7-23-43(24-8-6-2)29-57(55,56)35-22-21-32(46(3)4)27-33(35)37(41(43)53)30-18-17-19-31(26-30)45-36(49)20-15-13-11-9-10-12-14-16-25-44-42(54)40(52)39(51)38(50)34(48)28-47;1-5-7-22-41(6-2)27-55(53,54)33-21-20-30(44(3)4)25-31(33)35(39(41)51)28-17-16-18-29(24-28)43-34(47)19-14-12-10-8-9-11-13-15-23-42-40(52)38(50)37(49)36(48)32(46)26-45/h17-19,21-22,26-27,34,37-41,47-48,50-53H,5-16,20,23-25,28-29H2,1-4H3,(H,44,54)(H,45,49);16-18,20-21,24-25,32,35-39,45-46,48-51H,5-15,19,22-23,26-27H2,1-4H3,(H,42,52)(H,43,47)/t34-,37+,38-,39+,40-,41+;32-,35+,36-,37+,38-,39+,41+/m11/s1. The van der Waals surface area contributed by atoms with Crippen molar-refractivity contribution in [3.63, 3.8) is 0 Å². The molecule has 2 aliphatic rings. The molecule has 0 unspecified atom stereocenters. The molecule has 0 saturated carbocycles. The smallest absolute Gasteiger partial charge is 0.251 e. The highest BCUT2D eigenvalue weighted by atomic mass is 32.2. The third-order valence-corrected chi connectivity index (χ3v) is 26.3. The Labute approximate surface area is 665 Å². The van der Waals surface area contributed by atoms with E-state index < -0.39 is 128 Å². The van der Waals surface area contributed by atoms with E-state index in [2.05, 4.69) is 42.0 Å². The Balaban J connectivity index is 0.000000401. The molecule has 0 spiro atoms. The number of hydrogen-bond donors (Lipinski definition) is 16. The van der Waals surface area contributed by atoms with E-state index in [9.17, 15) is 87.1 Å². The number of aliphatic hydroxyl groups is 12. The Morgan fingerprint density at radius 1 is 0.438 bits per heavy atom. The Morgan fingerprint density at radius 3 is 1.11 bits per heavy atom. The summed E-state index contributed by atoms with van der Waals surface area (Å²) < 4.78 is 56.2. The van der Waals surface area contributed by atoms with Gasteiger partial charge in [0.1, 0.15) is 36.6 Å². The summed E-state index contributed by atoms with van der Waals surface area (Å²) in [5.41, 5.74) is 3.92. The first-order chi connectivity index (χ1) is 53.2. The number of fused-ring (bicyclic) bond motifs is 2. The summed E-state index contributed by atoms with van der Waals surface area (Å²) in [6, 6.07) is 25.7. The maximum atomic E-state index is 14.2. The van der Waals surface area contributed by atoms with Crippen LogP contribution in [-0.2, 0) is 38.9 Å². The van der Waals surface area contributed by atoms with Crippen LogP contribution in [0.1, 0.15) is 242 Å². The van der Waals surface area contributed by atoms with Gasteiger partial charge in [-0.05, 0) is 134 Å². The van der Waals surface area contributed by atoms with Crippen LogP contribution in [0.25, 0.3) is 0 Å². The quantitative estimate of drug-likeness (QED) is 0.0186. The lowest BCUT2D eigenvalue weighted by molar-refractivity contribution is -0.149. The lowest BCUT2D eigenvalue weighted by Crippen LogP contribution is -2.51. The molecule has 26 nitrogen and oxygen atoms in total. The van der Waals surface area contributed by atoms with E-state index in [1.165, 1.54) is 0 Å². The number of benzene rings is 4. The molecule has 0 radical (unpaired) electrons. The van der Waals surface area contributed by atoms with Crippen LogP contribution in [0.15, 0.2) is 94.7 Å². The van der Waals surface area contributed by atoms with E-state index in [4.69, 9.17) is 10.2 Å². The maximum Gasteiger partial charge on any atom is 0.251 e. The Morgan fingerprint density at radius 2 is 0.768 bits per heavy atom. The van der Waals surface area contributed by atoms with Crippen molar-refractivity contribution in [2.24, 2.45) is 10.8 Å². The van der Waals surface area contributed by atoms with E-state index in [1.807, 2.05) is 112 Å². The van der Waals surface area contributed by atoms with E-state index >= 15 is 0 Å². The van der Waals surface area contributed by atoms with Crippen molar-refractivity contribution in [2.45, 2.75) is 290 Å². The van der Waals surface area contributed by atoms with Crippen LogP contribution >= 0.6 is 0 Å². The van der Waals surface area contributed by atoms with Crippen molar-refractivity contribution in [3.8, 4) is 0 Å². The number of anilines is 4. The molecule has 13 atom stereocenters. The molecule has 0 bridgehead atoms. The first-order valence-electron chi connectivity index (χ1n) is 40.7. The highest BCUT2D eigenvalue weighted by Gasteiger charge is 2.51. The molecule has 4 aromatic rings. The normalized spacial score (nSPS) is 20.4.